The largest absolute Gasteiger partial charge is 0.478 e. The zero-order chi connectivity index (χ0) is 15.6. The number of ether oxygens (including phenoxy) is 1. The average molecular weight is 310 g/mol. The molecular formula is C16H20ClNO3. The number of nitrogens with zero attached hydrogens (tertiary/aromatic N) is 1. The molecule has 1 saturated heterocycles. The lowest BCUT2D eigenvalue weighted by Crippen LogP contribution is -2.52. The van der Waals surface area contributed by atoms with E-state index < -0.39 is 5.97 Å². The standard InChI is InChI=1S/C16H20ClNO3/c1-11-9-18(10-16(2,3)21-11)14-8-13(17)6-4-12(14)5-7-15(19)20/h4-8,11H,9-10H2,1-3H3,(H,19,20)/b7-5+. The van der Waals surface area contributed by atoms with Crippen LogP contribution in [0.1, 0.15) is 26.3 Å². The van der Waals surface area contributed by atoms with Gasteiger partial charge in [-0.05, 0) is 44.5 Å². The lowest BCUT2D eigenvalue weighted by molar-refractivity contribution is -0.131. The van der Waals surface area contributed by atoms with Gasteiger partial charge in [0.1, 0.15) is 0 Å². The second-order valence-corrected chi connectivity index (χ2v) is 6.38. The normalized spacial score (nSPS) is 21.7. The Labute approximate surface area is 130 Å². The summed E-state index contributed by atoms with van der Waals surface area (Å²) in [7, 11) is 0. The first-order valence-electron chi connectivity index (χ1n) is 6.90. The molecule has 1 N–H and O–H groups in total. The van der Waals surface area contributed by atoms with Crippen molar-refractivity contribution in [3.8, 4) is 0 Å². The van der Waals surface area contributed by atoms with Gasteiger partial charge in [0.2, 0.25) is 0 Å². The minimum Gasteiger partial charge on any atom is -0.478 e. The van der Waals surface area contributed by atoms with Crippen molar-refractivity contribution in [1.29, 1.82) is 0 Å². The van der Waals surface area contributed by atoms with E-state index in [0.717, 1.165) is 30.4 Å². The van der Waals surface area contributed by atoms with E-state index in [-0.39, 0.29) is 11.7 Å². The lowest BCUT2D eigenvalue weighted by Gasteiger charge is -2.43. The van der Waals surface area contributed by atoms with Crippen LogP contribution in [-0.2, 0) is 9.53 Å². The number of anilines is 1. The molecule has 0 aliphatic carbocycles. The Balaban J connectivity index is 2.37. The Bertz CT molecular complexity index is 569. The monoisotopic (exact) mass is 309 g/mol. The number of hydrogen-bond acceptors (Lipinski definition) is 3. The SMILES string of the molecule is CC1CN(c2cc(Cl)ccc2/C=C/C(=O)O)CC(C)(C)O1. The summed E-state index contributed by atoms with van der Waals surface area (Å²) in [6.45, 7) is 7.61. The minimum absolute atomic E-state index is 0.101. The van der Waals surface area contributed by atoms with Crippen molar-refractivity contribution in [2.24, 2.45) is 0 Å². The maximum Gasteiger partial charge on any atom is 0.328 e. The summed E-state index contributed by atoms with van der Waals surface area (Å²) in [5.74, 6) is -0.966. The number of halogens is 1. The highest BCUT2D eigenvalue weighted by Crippen LogP contribution is 2.31. The molecule has 0 bridgehead atoms. The van der Waals surface area contributed by atoms with Crippen molar-refractivity contribution in [3.63, 3.8) is 0 Å². The number of aliphatic carboxylic acids is 1. The fourth-order valence-electron chi connectivity index (χ4n) is 2.73. The first-order chi connectivity index (χ1) is 9.77. The molecule has 1 heterocycles. The van der Waals surface area contributed by atoms with E-state index in [9.17, 15) is 4.79 Å². The summed E-state index contributed by atoms with van der Waals surface area (Å²) in [4.78, 5) is 12.9. The summed E-state index contributed by atoms with van der Waals surface area (Å²) < 4.78 is 5.91. The van der Waals surface area contributed by atoms with Crippen molar-refractivity contribution >= 4 is 29.3 Å². The van der Waals surface area contributed by atoms with Gasteiger partial charge in [0.15, 0.2) is 0 Å². The van der Waals surface area contributed by atoms with Gasteiger partial charge in [0, 0.05) is 29.9 Å². The van der Waals surface area contributed by atoms with Gasteiger partial charge < -0.3 is 14.7 Å². The average Bonchev–Trinajstić information content (AvgIpc) is 2.34. The number of carbonyl (C=O) groups is 1. The molecule has 4 nitrogen and oxygen atoms in total. The highest BCUT2D eigenvalue weighted by atomic mass is 35.5. The molecule has 0 saturated carbocycles. The van der Waals surface area contributed by atoms with Gasteiger partial charge in [-0.3, -0.25) is 0 Å². The van der Waals surface area contributed by atoms with Gasteiger partial charge >= 0.3 is 5.97 Å². The van der Waals surface area contributed by atoms with Gasteiger partial charge in [0.25, 0.3) is 0 Å². The van der Waals surface area contributed by atoms with Crippen molar-refractivity contribution in [2.75, 3.05) is 18.0 Å². The first kappa shape index (κ1) is 15.9. The van der Waals surface area contributed by atoms with Crippen molar-refractivity contribution in [1.82, 2.24) is 0 Å². The second kappa shape index (κ2) is 6.08. The highest BCUT2D eigenvalue weighted by molar-refractivity contribution is 6.31. The molecule has 0 aromatic heterocycles. The minimum atomic E-state index is -0.966. The number of benzene rings is 1. The molecule has 114 valence electrons. The maximum atomic E-state index is 10.7. The van der Waals surface area contributed by atoms with E-state index in [2.05, 4.69) is 4.90 Å². The third kappa shape index (κ3) is 4.22. The Morgan fingerprint density at radius 3 is 2.86 bits per heavy atom. The molecule has 1 aromatic carbocycles. The molecule has 1 aliphatic rings. The van der Waals surface area contributed by atoms with Crippen molar-refractivity contribution < 1.29 is 14.6 Å². The number of hydrogen-bond donors (Lipinski definition) is 1. The van der Waals surface area contributed by atoms with Crippen LogP contribution in [0, 0.1) is 0 Å². The van der Waals surface area contributed by atoms with Crippen molar-refractivity contribution in [3.05, 3.63) is 34.9 Å². The summed E-state index contributed by atoms with van der Waals surface area (Å²) >= 11 is 6.11. The van der Waals surface area contributed by atoms with Crippen molar-refractivity contribution in [2.45, 2.75) is 32.5 Å². The molecule has 1 aliphatic heterocycles. The molecular weight excluding hydrogens is 290 g/mol. The lowest BCUT2D eigenvalue weighted by atomic mass is 10.0. The smallest absolute Gasteiger partial charge is 0.328 e. The first-order valence-corrected chi connectivity index (χ1v) is 7.28. The predicted octanol–water partition coefficient (Wildman–Crippen LogP) is 3.44. The topological polar surface area (TPSA) is 49.8 Å². The Morgan fingerprint density at radius 1 is 1.52 bits per heavy atom. The molecule has 1 fully saturated rings. The van der Waals surface area contributed by atoms with E-state index in [1.54, 1.807) is 12.1 Å². The van der Waals surface area contributed by atoms with Crippen LogP contribution in [0.2, 0.25) is 5.02 Å². The van der Waals surface area contributed by atoms with Crippen LogP contribution in [-0.4, -0.2) is 35.9 Å². The maximum absolute atomic E-state index is 10.7. The molecule has 0 spiro atoms. The van der Waals surface area contributed by atoms with Gasteiger partial charge in [-0.1, -0.05) is 17.7 Å². The molecule has 1 aromatic rings. The van der Waals surface area contributed by atoms with Gasteiger partial charge in [0.05, 0.1) is 11.7 Å². The number of carboxylic acids is 1. The summed E-state index contributed by atoms with van der Waals surface area (Å²) in [6.07, 6.45) is 2.84. The zero-order valence-electron chi connectivity index (χ0n) is 12.5. The molecule has 2 rings (SSSR count). The molecule has 1 unspecified atom stereocenters. The van der Waals surface area contributed by atoms with E-state index in [4.69, 9.17) is 21.4 Å². The molecule has 0 amide bonds. The van der Waals surface area contributed by atoms with E-state index in [1.165, 1.54) is 0 Å². The number of morpholine rings is 1. The molecule has 5 heteroatoms. The predicted molar refractivity (Wildman–Crippen MR) is 85.0 cm³/mol. The summed E-state index contributed by atoms with van der Waals surface area (Å²) in [5, 5.41) is 9.44. The van der Waals surface area contributed by atoms with Crippen LogP contribution in [0.25, 0.3) is 6.08 Å². The third-order valence-corrected chi connectivity index (χ3v) is 3.54. The third-order valence-electron chi connectivity index (χ3n) is 3.31. The Morgan fingerprint density at radius 2 is 2.24 bits per heavy atom. The Hall–Kier alpha value is -1.52. The Kier molecular flexibility index (Phi) is 4.59. The molecule has 21 heavy (non-hydrogen) atoms. The molecule has 1 atom stereocenters. The van der Waals surface area contributed by atoms with Crippen LogP contribution in [0.3, 0.4) is 0 Å². The molecule has 0 radical (unpaired) electrons. The van der Waals surface area contributed by atoms with Crippen LogP contribution in [0.15, 0.2) is 24.3 Å². The van der Waals surface area contributed by atoms with Crippen LogP contribution < -0.4 is 4.90 Å². The summed E-state index contributed by atoms with van der Waals surface area (Å²) in [6, 6.07) is 5.48. The number of carboxylic acid groups (broad SMARTS) is 1. The fourth-order valence-corrected chi connectivity index (χ4v) is 2.90. The quantitative estimate of drug-likeness (QED) is 0.869. The van der Waals surface area contributed by atoms with Crippen LogP contribution in [0.5, 0.6) is 0 Å². The highest BCUT2D eigenvalue weighted by Gasteiger charge is 2.32. The second-order valence-electron chi connectivity index (χ2n) is 5.94. The number of rotatable bonds is 3. The van der Waals surface area contributed by atoms with E-state index >= 15 is 0 Å². The fraction of sp³-hybridized carbons (Fsp3) is 0.438. The van der Waals surface area contributed by atoms with Gasteiger partial charge in [-0.25, -0.2) is 4.79 Å². The van der Waals surface area contributed by atoms with E-state index in [1.807, 2.05) is 32.9 Å². The summed E-state index contributed by atoms with van der Waals surface area (Å²) in [5.41, 5.74) is 1.52. The van der Waals surface area contributed by atoms with E-state index in [0.29, 0.717) is 5.02 Å². The van der Waals surface area contributed by atoms with Gasteiger partial charge in [-0.2, -0.15) is 0 Å². The zero-order valence-corrected chi connectivity index (χ0v) is 13.2. The van der Waals surface area contributed by atoms with Crippen LogP contribution >= 0.6 is 11.6 Å². The van der Waals surface area contributed by atoms with Gasteiger partial charge in [-0.15, -0.1) is 0 Å². The van der Waals surface area contributed by atoms with Crippen LogP contribution in [0.4, 0.5) is 5.69 Å².